The van der Waals surface area contributed by atoms with Crippen LogP contribution in [-0.2, 0) is 11.2 Å². The number of thiophene rings is 1. The molecule has 3 rings (SSSR count). The first kappa shape index (κ1) is 16.8. The molecule has 6 heteroatoms. The third kappa shape index (κ3) is 2.75. The Kier molecular flexibility index (Phi) is 4.76. The predicted octanol–water partition coefficient (Wildman–Crippen LogP) is 3.71. The van der Waals surface area contributed by atoms with E-state index in [1.54, 1.807) is 11.3 Å². The minimum Gasteiger partial charge on any atom is -0.465 e. The Morgan fingerprint density at radius 2 is 2.25 bits per heavy atom. The van der Waals surface area contributed by atoms with E-state index >= 15 is 0 Å². The summed E-state index contributed by atoms with van der Waals surface area (Å²) in [4.78, 5) is 31.5. The number of methoxy groups -OCH3 is 1. The Hall–Kier alpha value is -2.08. The quantitative estimate of drug-likeness (QED) is 0.859. The van der Waals surface area contributed by atoms with Gasteiger partial charge in [-0.15, -0.1) is 11.3 Å². The van der Waals surface area contributed by atoms with Crippen molar-refractivity contribution in [1.82, 2.24) is 9.88 Å². The van der Waals surface area contributed by atoms with Gasteiger partial charge in [-0.2, -0.15) is 0 Å². The normalized spacial score (nSPS) is 17.3. The lowest BCUT2D eigenvalue weighted by Gasteiger charge is -2.23. The van der Waals surface area contributed by atoms with Crippen LogP contribution in [0.15, 0.2) is 17.5 Å². The third-order valence-corrected chi connectivity index (χ3v) is 5.64. The SMILES string of the molecule is CCc1[nH]c(C(=O)N2CCCC2c2cccs2)c(C)c1C(=O)OC. The van der Waals surface area contributed by atoms with E-state index in [0.717, 1.165) is 25.1 Å². The van der Waals surface area contributed by atoms with Crippen LogP contribution in [0, 0.1) is 6.92 Å². The van der Waals surface area contributed by atoms with Crippen molar-refractivity contribution in [3.05, 3.63) is 44.9 Å². The van der Waals surface area contributed by atoms with E-state index in [1.807, 2.05) is 30.2 Å². The first-order valence-electron chi connectivity index (χ1n) is 8.22. The lowest BCUT2D eigenvalue weighted by molar-refractivity contribution is 0.0599. The second-order valence-electron chi connectivity index (χ2n) is 6.00. The lowest BCUT2D eigenvalue weighted by atomic mass is 10.1. The maximum absolute atomic E-state index is 13.1. The number of aryl methyl sites for hydroxylation is 1. The molecular formula is C18H22N2O3S. The van der Waals surface area contributed by atoms with Gasteiger partial charge in [0.15, 0.2) is 0 Å². The van der Waals surface area contributed by atoms with Crippen LogP contribution in [-0.4, -0.2) is 35.4 Å². The summed E-state index contributed by atoms with van der Waals surface area (Å²) >= 11 is 1.68. The molecule has 0 saturated carbocycles. The zero-order valence-electron chi connectivity index (χ0n) is 14.2. The number of nitrogens with zero attached hydrogens (tertiary/aromatic N) is 1. The van der Waals surface area contributed by atoms with Gasteiger partial charge in [0, 0.05) is 17.1 Å². The summed E-state index contributed by atoms with van der Waals surface area (Å²) in [5.74, 6) is -0.427. The van der Waals surface area contributed by atoms with Crippen LogP contribution in [0.4, 0.5) is 0 Å². The lowest BCUT2D eigenvalue weighted by Crippen LogP contribution is -2.31. The number of hydrogen-bond acceptors (Lipinski definition) is 4. The summed E-state index contributed by atoms with van der Waals surface area (Å²) in [7, 11) is 1.36. The van der Waals surface area contributed by atoms with Crippen LogP contribution < -0.4 is 0 Å². The number of esters is 1. The smallest absolute Gasteiger partial charge is 0.339 e. The molecule has 1 N–H and O–H groups in total. The predicted molar refractivity (Wildman–Crippen MR) is 93.6 cm³/mol. The van der Waals surface area contributed by atoms with Crippen molar-refractivity contribution in [2.45, 2.75) is 39.2 Å². The Bertz CT molecular complexity index is 749. The molecule has 1 amide bonds. The second kappa shape index (κ2) is 6.81. The Morgan fingerprint density at radius 1 is 1.46 bits per heavy atom. The molecule has 1 saturated heterocycles. The fraction of sp³-hybridized carbons (Fsp3) is 0.444. The summed E-state index contributed by atoms with van der Waals surface area (Å²) in [5, 5.41) is 2.04. The number of rotatable bonds is 4. The molecule has 1 fully saturated rings. The number of nitrogens with one attached hydrogen (secondary N) is 1. The minimum absolute atomic E-state index is 0.0340. The van der Waals surface area contributed by atoms with E-state index in [0.29, 0.717) is 23.2 Å². The highest BCUT2D eigenvalue weighted by Crippen LogP contribution is 2.36. The van der Waals surface area contributed by atoms with Crippen LogP contribution in [0.1, 0.15) is 62.8 Å². The van der Waals surface area contributed by atoms with E-state index < -0.39 is 5.97 Å². The van der Waals surface area contributed by atoms with E-state index in [4.69, 9.17) is 4.74 Å². The molecular weight excluding hydrogens is 324 g/mol. The molecule has 2 aromatic rings. The monoisotopic (exact) mass is 346 g/mol. The van der Waals surface area contributed by atoms with Gasteiger partial charge in [0.05, 0.1) is 18.7 Å². The molecule has 0 radical (unpaired) electrons. The number of carbonyl (C=O) groups excluding carboxylic acids is 2. The largest absolute Gasteiger partial charge is 0.465 e. The number of ether oxygens (including phenoxy) is 1. The van der Waals surface area contributed by atoms with E-state index in [-0.39, 0.29) is 11.9 Å². The van der Waals surface area contributed by atoms with Gasteiger partial charge in [0.2, 0.25) is 0 Å². The second-order valence-corrected chi connectivity index (χ2v) is 6.97. The third-order valence-electron chi connectivity index (χ3n) is 4.67. The van der Waals surface area contributed by atoms with Crippen LogP contribution in [0.3, 0.4) is 0 Å². The highest BCUT2D eigenvalue weighted by molar-refractivity contribution is 7.10. The zero-order chi connectivity index (χ0) is 17.3. The topological polar surface area (TPSA) is 62.4 Å². The molecule has 1 unspecified atom stereocenters. The number of carbonyl (C=O) groups is 2. The van der Waals surface area contributed by atoms with Crippen LogP contribution in [0.5, 0.6) is 0 Å². The molecule has 1 aliphatic rings. The van der Waals surface area contributed by atoms with Gasteiger partial charge < -0.3 is 14.6 Å². The molecule has 24 heavy (non-hydrogen) atoms. The van der Waals surface area contributed by atoms with Crippen molar-refractivity contribution >= 4 is 23.2 Å². The Labute approximate surface area is 145 Å². The summed E-state index contributed by atoms with van der Waals surface area (Å²) in [6.07, 6.45) is 2.63. The van der Waals surface area contributed by atoms with Gasteiger partial charge in [-0.3, -0.25) is 4.79 Å². The number of aromatic amines is 1. The molecule has 3 heterocycles. The zero-order valence-corrected chi connectivity index (χ0v) is 15.0. The highest BCUT2D eigenvalue weighted by atomic mass is 32.1. The molecule has 0 bridgehead atoms. The Morgan fingerprint density at radius 3 is 2.88 bits per heavy atom. The van der Waals surface area contributed by atoms with Crippen molar-refractivity contribution in [3.8, 4) is 0 Å². The maximum atomic E-state index is 13.1. The number of aromatic nitrogens is 1. The van der Waals surface area contributed by atoms with Gasteiger partial charge in [0.1, 0.15) is 5.69 Å². The van der Waals surface area contributed by atoms with Crippen molar-refractivity contribution in [3.63, 3.8) is 0 Å². The van der Waals surface area contributed by atoms with Crippen molar-refractivity contribution in [1.29, 1.82) is 0 Å². The number of likely N-dealkylation sites (tertiary alicyclic amines) is 1. The van der Waals surface area contributed by atoms with Crippen molar-refractivity contribution < 1.29 is 14.3 Å². The van der Waals surface area contributed by atoms with Gasteiger partial charge in [0.25, 0.3) is 5.91 Å². The maximum Gasteiger partial charge on any atom is 0.339 e. The standard InChI is InChI=1S/C18H22N2O3S/c1-4-12-15(18(22)23-3)11(2)16(19-12)17(21)20-9-5-7-13(20)14-8-6-10-24-14/h6,8,10,13,19H,4-5,7,9H2,1-3H3. The molecule has 0 spiro atoms. The van der Waals surface area contributed by atoms with Crippen LogP contribution >= 0.6 is 11.3 Å². The van der Waals surface area contributed by atoms with Crippen molar-refractivity contribution in [2.75, 3.05) is 13.7 Å². The average Bonchev–Trinajstić information content (AvgIpc) is 3.32. The fourth-order valence-electron chi connectivity index (χ4n) is 3.45. The fourth-order valence-corrected chi connectivity index (χ4v) is 4.32. The first-order chi connectivity index (χ1) is 11.6. The molecule has 1 aliphatic heterocycles. The van der Waals surface area contributed by atoms with Gasteiger partial charge >= 0.3 is 5.97 Å². The Balaban J connectivity index is 1.95. The van der Waals surface area contributed by atoms with Crippen LogP contribution in [0.25, 0.3) is 0 Å². The summed E-state index contributed by atoms with van der Waals surface area (Å²) in [6.45, 7) is 4.51. The van der Waals surface area contributed by atoms with Crippen molar-refractivity contribution in [2.24, 2.45) is 0 Å². The van der Waals surface area contributed by atoms with Gasteiger partial charge in [-0.05, 0) is 43.2 Å². The van der Waals surface area contributed by atoms with Gasteiger partial charge in [-0.1, -0.05) is 13.0 Å². The molecule has 1 atom stereocenters. The summed E-state index contributed by atoms with van der Waals surface area (Å²) in [5.41, 5.74) is 2.45. The minimum atomic E-state index is -0.393. The molecule has 128 valence electrons. The number of H-pyrrole nitrogens is 1. The van der Waals surface area contributed by atoms with E-state index in [1.165, 1.54) is 12.0 Å². The molecule has 0 aliphatic carbocycles. The first-order valence-corrected chi connectivity index (χ1v) is 9.10. The average molecular weight is 346 g/mol. The molecule has 0 aromatic carbocycles. The van der Waals surface area contributed by atoms with E-state index in [9.17, 15) is 9.59 Å². The number of amides is 1. The summed E-state index contributed by atoms with van der Waals surface area (Å²) in [6, 6.07) is 4.23. The number of hydrogen-bond donors (Lipinski definition) is 1. The highest BCUT2D eigenvalue weighted by Gasteiger charge is 2.34. The molecule has 5 nitrogen and oxygen atoms in total. The molecule has 2 aromatic heterocycles. The van der Waals surface area contributed by atoms with Crippen LogP contribution in [0.2, 0.25) is 0 Å². The van der Waals surface area contributed by atoms with Gasteiger partial charge in [-0.25, -0.2) is 4.79 Å². The van der Waals surface area contributed by atoms with E-state index in [2.05, 4.69) is 11.1 Å². The summed E-state index contributed by atoms with van der Waals surface area (Å²) < 4.78 is 4.88.